The number of hydrogen-bond donors (Lipinski definition) is 0. The standard InChI is InChI=1S/C12H12FI/c1-2-6-11(12(14)9-13)10-7-4-3-5-8-10/h2-5,7-8H,1,6,9H2/b12-11-. The Hall–Kier alpha value is -0.640. The average Bonchev–Trinajstić information content (AvgIpc) is 2.26. The van der Waals surface area contributed by atoms with Crippen molar-refractivity contribution in [2.24, 2.45) is 0 Å². The van der Waals surface area contributed by atoms with E-state index in [4.69, 9.17) is 0 Å². The Morgan fingerprint density at radius 1 is 1.36 bits per heavy atom. The van der Waals surface area contributed by atoms with Gasteiger partial charge in [-0.25, -0.2) is 4.39 Å². The molecule has 0 aliphatic heterocycles. The first-order chi connectivity index (χ1) is 6.79. The molecule has 1 aromatic carbocycles. The SMILES string of the molecule is C=CC/C(=C(/I)CF)c1ccccc1. The van der Waals surface area contributed by atoms with Gasteiger partial charge in [0.15, 0.2) is 0 Å². The van der Waals surface area contributed by atoms with Crippen LogP contribution in [0.5, 0.6) is 0 Å². The molecular formula is C12H12FI. The molecule has 0 atom stereocenters. The quantitative estimate of drug-likeness (QED) is 0.572. The minimum absolute atomic E-state index is 0.404. The highest BCUT2D eigenvalue weighted by molar-refractivity contribution is 14.1. The van der Waals surface area contributed by atoms with Gasteiger partial charge >= 0.3 is 0 Å². The van der Waals surface area contributed by atoms with Crippen LogP contribution in [0.3, 0.4) is 0 Å². The molecule has 0 saturated carbocycles. The minimum atomic E-state index is -0.404. The first kappa shape index (κ1) is 11.4. The number of alkyl halides is 1. The normalized spacial score (nSPS) is 12.1. The average molecular weight is 302 g/mol. The molecule has 1 aromatic rings. The molecule has 14 heavy (non-hydrogen) atoms. The second-order valence-electron chi connectivity index (χ2n) is 2.88. The summed E-state index contributed by atoms with van der Waals surface area (Å²) in [4.78, 5) is 0. The summed E-state index contributed by atoms with van der Waals surface area (Å²) in [5, 5.41) is 0. The number of halogens is 2. The van der Waals surface area contributed by atoms with Gasteiger partial charge in [-0.15, -0.1) is 6.58 Å². The van der Waals surface area contributed by atoms with Crippen LogP contribution in [0.25, 0.3) is 5.57 Å². The predicted molar refractivity (Wildman–Crippen MR) is 68.2 cm³/mol. The van der Waals surface area contributed by atoms with Crippen LogP contribution in [0.2, 0.25) is 0 Å². The van der Waals surface area contributed by atoms with Gasteiger partial charge in [0.1, 0.15) is 6.67 Å². The van der Waals surface area contributed by atoms with E-state index in [2.05, 4.69) is 29.2 Å². The molecule has 0 saturated heterocycles. The molecule has 0 bridgehead atoms. The van der Waals surface area contributed by atoms with E-state index in [9.17, 15) is 4.39 Å². The maximum Gasteiger partial charge on any atom is 0.120 e. The van der Waals surface area contributed by atoms with Gasteiger partial charge in [-0.2, -0.15) is 0 Å². The third-order valence-electron chi connectivity index (χ3n) is 1.92. The zero-order valence-electron chi connectivity index (χ0n) is 7.84. The van der Waals surface area contributed by atoms with E-state index in [0.717, 1.165) is 14.7 Å². The van der Waals surface area contributed by atoms with Crippen molar-refractivity contribution in [1.29, 1.82) is 0 Å². The third-order valence-corrected chi connectivity index (χ3v) is 2.85. The van der Waals surface area contributed by atoms with Crippen molar-refractivity contribution in [3.8, 4) is 0 Å². The highest BCUT2D eigenvalue weighted by atomic mass is 127. The molecule has 0 fully saturated rings. The molecule has 0 aromatic heterocycles. The highest BCUT2D eigenvalue weighted by Gasteiger charge is 2.04. The van der Waals surface area contributed by atoms with E-state index in [-0.39, 0.29) is 0 Å². The first-order valence-corrected chi connectivity index (χ1v) is 5.47. The van der Waals surface area contributed by atoms with Gasteiger partial charge < -0.3 is 0 Å². The van der Waals surface area contributed by atoms with Gasteiger partial charge in [0.25, 0.3) is 0 Å². The summed E-state index contributed by atoms with van der Waals surface area (Å²) in [6, 6.07) is 9.86. The fourth-order valence-corrected chi connectivity index (χ4v) is 1.78. The Balaban J connectivity index is 3.07. The molecule has 74 valence electrons. The molecule has 0 radical (unpaired) electrons. The van der Waals surface area contributed by atoms with Crippen molar-refractivity contribution in [2.45, 2.75) is 6.42 Å². The zero-order valence-corrected chi connectivity index (χ0v) is 10.00. The molecule has 1 rings (SSSR count). The van der Waals surface area contributed by atoms with Crippen molar-refractivity contribution in [2.75, 3.05) is 6.67 Å². The molecule has 2 heteroatoms. The lowest BCUT2D eigenvalue weighted by Crippen LogP contribution is -1.87. The summed E-state index contributed by atoms with van der Waals surface area (Å²) in [7, 11) is 0. The Bertz CT molecular complexity index is 327. The van der Waals surface area contributed by atoms with Crippen LogP contribution >= 0.6 is 22.6 Å². The summed E-state index contributed by atoms with van der Waals surface area (Å²) in [6.45, 7) is 3.28. The minimum Gasteiger partial charge on any atom is -0.245 e. The van der Waals surface area contributed by atoms with E-state index in [1.165, 1.54) is 0 Å². The molecule has 0 heterocycles. The smallest absolute Gasteiger partial charge is 0.120 e. The number of allylic oxidation sites excluding steroid dienone is 3. The number of rotatable bonds is 4. The van der Waals surface area contributed by atoms with Crippen molar-refractivity contribution >= 4 is 28.2 Å². The Labute approximate surface area is 97.7 Å². The van der Waals surface area contributed by atoms with Gasteiger partial charge in [0.2, 0.25) is 0 Å². The highest BCUT2D eigenvalue weighted by Crippen LogP contribution is 2.26. The van der Waals surface area contributed by atoms with E-state index < -0.39 is 6.67 Å². The molecule has 0 N–H and O–H groups in total. The van der Waals surface area contributed by atoms with Crippen LogP contribution in [0.1, 0.15) is 12.0 Å². The maximum atomic E-state index is 12.5. The van der Waals surface area contributed by atoms with E-state index in [0.29, 0.717) is 6.42 Å². The lowest BCUT2D eigenvalue weighted by Gasteiger charge is -2.07. The largest absolute Gasteiger partial charge is 0.245 e. The van der Waals surface area contributed by atoms with E-state index in [1.807, 2.05) is 30.3 Å². The van der Waals surface area contributed by atoms with Gasteiger partial charge in [0, 0.05) is 3.58 Å². The topological polar surface area (TPSA) is 0 Å². The van der Waals surface area contributed by atoms with Crippen molar-refractivity contribution < 1.29 is 4.39 Å². The molecular weight excluding hydrogens is 290 g/mol. The molecule has 0 aliphatic carbocycles. The van der Waals surface area contributed by atoms with Crippen molar-refractivity contribution in [3.05, 3.63) is 52.1 Å². The Morgan fingerprint density at radius 3 is 2.50 bits per heavy atom. The van der Waals surface area contributed by atoms with Crippen LogP contribution in [-0.4, -0.2) is 6.67 Å². The van der Waals surface area contributed by atoms with Crippen LogP contribution in [0.4, 0.5) is 4.39 Å². The monoisotopic (exact) mass is 302 g/mol. The molecule has 0 amide bonds. The van der Waals surface area contributed by atoms with Crippen LogP contribution < -0.4 is 0 Å². The summed E-state index contributed by atoms with van der Waals surface area (Å²) >= 11 is 2.05. The Kier molecular flexibility index (Phi) is 4.87. The lowest BCUT2D eigenvalue weighted by molar-refractivity contribution is 0.560. The summed E-state index contributed by atoms with van der Waals surface area (Å²) in [6.07, 6.45) is 2.52. The van der Waals surface area contributed by atoms with Crippen LogP contribution in [0.15, 0.2) is 46.6 Å². The summed E-state index contributed by atoms with van der Waals surface area (Å²) < 4.78 is 13.3. The maximum absolute atomic E-state index is 12.5. The van der Waals surface area contributed by atoms with Crippen molar-refractivity contribution in [1.82, 2.24) is 0 Å². The summed E-state index contributed by atoms with van der Waals surface area (Å²) in [5.74, 6) is 0. The second-order valence-corrected chi connectivity index (χ2v) is 4.18. The first-order valence-electron chi connectivity index (χ1n) is 4.39. The zero-order chi connectivity index (χ0) is 10.4. The third kappa shape index (κ3) is 2.94. The van der Waals surface area contributed by atoms with Gasteiger partial charge in [-0.1, -0.05) is 36.4 Å². The molecule has 0 nitrogen and oxygen atoms in total. The second kappa shape index (κ2) is 5.96. The van der Waals surface area contributed by atoms with Crippen LogP contribution in [-0.2, 0) is 0 Å². The van der Waals surface area contributed by atoms with Crippen molar-refractivity contribution in [3.63, 3.8) is 0 Å². The Morgan fingerprint density at radius 2 is 2.00 bits per heavy atom. The van der Waals surface area contributed by atoms with E-state index >= 15 is 0 Å². The molecule has 0 spiro atoms. The fraction of sp³-hybridized carbons (Fsp3) is 0.167. The fourth-order valence-electron chi connectivity index (χ4n) is 1.25. The lowest BCUT2D eigenvalue weighted by atomic mass is 10.0. The predicted octanol–water partition coefficient (Wildman–Crippen LogP) is 4.38. The number of benzene rings is 1. The van der Waals surface area contributed by atoms with Gasteiger partial charge in [0.05, 0.1) is 0 Å². The summed E-state index contributed by atoms with van der Waals surface area (Å²) in [5.41, 5.74) is 2.11. The molecule has 0 unspecified atom stereocenters. The van der Waals surface area contributed by atoms with Gasteiger partial charge in [-0.3, -0.25) is 0 Å². The van der Waals surface area contributed by atoms with Crippen LogP contribution in [0, 0.1) is 0 Å². The number of hydrogen-bond acceptors (Lipinski definition) is 0. The van der Waals surface area contributed by atoms with Gasteiger partial charge in [-0.05, 0) is 40.1 Å². The van der Waals surface area contributed by atoms with E-state index in [1.54, 1.807) is 6.08 Å². The molecule has 0 aliphatic rings.